The number of nitrogens with zero attached hydrogens (tertiary/aromatic N) is 1. The highest BCUT2D eigenvalue weighted by molar-refractivity contribution is 5.94. The van der Waals surface area contributed by atoms with Crippen molar-refractivity contribution in [1.29, 1.82) is 0 Å². The number of aromatic nitrogens is 2. The molecule has 0 bridgehead atoms. The molecule has 1 aromatic heterocycles. The van der Waals surface area contributed by atoms with Crippen molar-refractivity contribution >= 4 is 17.7 Å². The summed E-state index contributed by atoms with van der Waals surface area (Å²) in [6.07, 6.45) is 3.12. The summed E-state index contributed by atoms with van der Waals surface area (Å²) < 4.78 is 4.98. The van der Waals surface area contributed by atoms with E-state index in [0.717, 1.165) is 5.69 Å². The predicted octanol–water partition coefficient (Wildman–Crippen LogP) is 1.44. The maximum Gasteiger partial charge on any atom is 0.339 e. The van der Waals surface area contributed by atoms with Crippen molar-refractivity contribution in [3.63, 3.8) is 0 Å². The van der Waals surface area contributed by atoms with E-state index in [1.165, 1.54) is 31.6 Å². The van der Waals surface area contributed by atoms with Crippen molar-refractivity contribution < 1.29 is 19.4 Å². The maximum atomic E-state index is 11.7. The second kappa shape index (κ2) is 6.42. The molecule has 8 heteroatoms. The number of anilines is 1. The number of carbonyl (C=O) groups is 2. The Bertz CT molecular complexity index is 640. The Hall–Kier alpha value is -3.03. The van der Waals surface area contributed by atoms with Gasteiger partial charge in [0.2, 0.25) is 0 Å². The number of carbonyl (C=O) groups excluding carboxylic acids is 1. The number of urea groups is 1. The van der Waals surface area contributed by atoms with Crippen LogP contribution in [-0.4, -0.2) is 34.2 Å². The first-order valence-electron chi connectivity index (χ1n) is 6.03. The number of aromatic amines is 1. The lowest BCUT2D eigenvalue weighted by molar-refractivity contribution is 0.0693. The lowest BCUT2D eigenvalue weighted by atomic mass is 10.2. The molecule has 0 saturated heterocycles. The number of benzene rings is 1. The molecule has 110 valence electrons. The molecule has 2 amide bonds. The smallest absolute Gasteiger partial charge is 0.339 e. The molecule has 4 N–H and O–H groups in total. The van der Waals surface area contributed by atoms with Gasteiger partial charge in [0.1, 0.15) is 11.3 Å². The second-order valence-electron chi connectivity index (χ2n) is 4.10. The molecule has 0 radical (unpaired) electrons. The lowest BCUT2D eigenvalue weighted by Gasteiger charge is -2.10. The molecule has 8 nitrogen and oxygen atoms in total. The van der Waals surface area contributed by atoms with Crippen molar-refractivity contribution in [2.45, 2.75) is 6.54 Å². The predicted molar refractivity (Wildman–Crippen MR) is 74.4 cm³/mol. The highest BCUT2D eigenvalue weighted by Gasteiger charge is 2.12. The van der Waals surface area contributed by atoms with Gasteiger partial charge < -0.3 is 25.5 Å². The summed E-state index contributed by atoms with van der Waals surface area (Å²) in [6, 6.07) is 3.88. The zero-order valence-corrected chi connectivity index (χ0v) is 11.2. The highest BCUT2D eigenvalue weighted by atomic mass is 16.5. The standard InChI is InChI=1S/C13H14N4O4/c1-21-11-4-8(2-3-10(11)12(18)19)17-13(20)15-6-9-5-14-7-16-9/h2-5,7H,6H2,1H3,(H,14,16)(H,18,19)(H2,15,17,20). The molecule has 2 rings (SSSR count). The zero-order valence-electron chi connectivity index (χ0n) is 11.2. The Morgan fingerprint density at radius 2 is 2.24 bits per heavy atom. The minimum absolute atomic E-state index is 0.0286. The monoisotopic (exact) mass is 290 g/mol. The van der Waals surface area contributed by atoms with Crippen LogP contribution in [0.2, 0.25) is 0 Å². The molecule has 21 heavy (non-hydrogen) atoms. The lowest BCUT2D eigenvalue weighted by Crippen LogP contribution is -2.28. The van der Waals surface area contributed by atoms with Crippen LogP contribution in [0, 0.1) is 0 Å². The average molecular weight is 290 g/mol. The van der Waals surface area contributed by atoms with Gasteiger partial charge in [0.15, 0.2) is 0 Å². The third kappa shape index (κ3) is 3.72. The molecule has 0 fully saturated rings. The minimum Gasteiger partial charge on any atom is -0.496 e. The topological polar surface area (TPSA) is 116 Å². The molecule has 0 aliphatic heterocycles. The summed E-state index contributed by atoms with van der Waals surface area (Å²) in [7, 11) is 1.36. The van der Waals surface area contributed by atoms with Crippen LogP contribution in [0.15, 0.2) is 30.7 Å². The largest absolute Gasteiger partial charge is 0.496 e. The summed E-state index contributed by atoms with van der Waals surface area (Å²) in [5, 5.41) is 14.2. The molecule has 0 spiro atoms. The van der Waals surface area contributed by atoms with E-state index in [9.17, 15) is 9.59 Å². The maximum absolute atomic E-state index is 11.7. The van der Waals surface area contributed by atoms with Gasteiger partial charge in [-0.15, -0.1) is 0 Å². The number of aromatic carboxylic acids is 1. The van der Waals surface area contributed by atoms with Gasteiger partial charge in [0, 0.05) is 18.0 Å². The summed E-state index contributed by atoms with van der Waals surface area (Å²) >= 11 is 0. The van der Waals surface area contributed by atoms with Gasteiger partial charge in [-0.25, -0.2) is 14.6 Å². The molecule has 0 aliphatic carbocycles. The van der Waals surface area contributed by atoms with Crippen molar-refractivity contribution in [3.05, 3.63) is 42.0 Å². The normalized spacial score (nSPS) is 9.95. The number of amides is 2. The molecule has 0 atom stereocenters. The zero-order chi connectivity index (χ0) is 15.2. The summed E-state index contributed by atoms with van der Waals surface area (Å²) in [5.74, 6) is -0.920. The van der Waals surface area contributed by atoms with Crippen LogP contribution in [0.25, 0.3) is 0 Å². The summed E-state index contributed by atoms with van der Waals surface area (Å²) in [6.45, 7) is 0.302. The van der Waals surface area contributed by atoms with Gasteiger partial charge in [-0.2, -0.15) is 0 Å². The number of rotatable bonds is 5. The van der Waals surface area contributed by atoms with Crippen LogP contribution in [0.3, 0.4) is 0 Å². The first-order valence-corrected chi connectivity index (χ1v) is 6.03. The fourth-order valence-electron chi connectivity index (χ4n) is 1.68. The number of imidazole rings is 1. The fourth-order valence-corrected chi connectivity index (χ4v) is 1.68. The second-order valence-corrected chi connectivity index (χ2v) is 4.10. The quantitative estimate of drug-likeness (QED) is 0.665. The number of ether oxygens (including phenoxy) is 1. The van der Waals surface area contributed by atoms with Crippen molar-refractivity contribution in [2.75, 3.05) is 12.4 Å². The van der Waals surface area contributed by atoms with E-state index in [0.29, 0.717) is 12.2 Å². The van der Waals surface area contributed by atoms with Gasteiger partial charge in [-0.1, -0.05) is 0 Å². The SMILES string of the molecule is COc1cc(NC(=O)NCc2cnc[nH]2)ccc1C(=O)O. The molecule has 2 aromatic rings. The third-order valence-electron chi connectivity index (χ3n) is 2.68. The number of hydrogen-bond donors (Lipinski definition) is 4. The molecular formula is C13H14N4O4. The van der Waals surface area contributed by atoms with E-state index in [1.54, 1.807) is 6.20 Å². The number of methoxy groups -OCH3 is 1. The minimum atomic E-state index is -1.10. The van der Waals surface area contributed by atoms with Crippen LogP contribution in [0.1, 0.15) is 16.1 Å². The Morgan fingerprint density at radius 3 is 2.86 bits per heavy atom. The molecule has 1 heterocycles. The number of hydrogen-bond acceptors (Lipinski definition) is 4. The summed E-state index contributed by atoms with van der Waals surface area (Å²) in [4.78, 5) is 29.4. The van der Waals surface area contributed by atoms with E-state index in [-0.39, 0.29) is 11.3 Å². The van der Waals surface area contributed by atoms with Gasteiger partial charge in [0.05, 0.1) is 25.7 Å². The first-order chi connectivity index (χ1) is 10.1. The average Bonchev–Trinajstić information content (AvgIpc) is 2.98. The van der Waals surface area contributed by atoms with Crippen LogP contribution in [0.4, 0.5) is 10.5 Å². The molecule has 1 aromatic carbocycles. The van der Waals surface area contributed by atoms with Crippen molar-refractivity contribution in [3.8, 4) is 5.75 Å². The number of carboxylic acids is 1. The van der Waals surface area contributed by atoms with E-state index in [1.807, 2.05) is 0 Å². The molecular weight excluding hydrogens is 276 g/mol. The Labute approximate surface area is 120 Å². The van der Waals surface area contributed by atoms with Gasteiger partial charge in [-0.05, 0) is 12.1 Å². The fraction of sp³-hybridized carbons (Fsp3) is 0.154. The third-order valence-corrected chi connectivity index (χ3v) is 2.68. The van der Waals surface area contributed by atoms with Crippen LogP contribution in [-0.2, 0) is 6.54 Å². The highest BCUT2D eigenvalue weighted by Crippen LogP contribution is 2.23. The molecule has 0 aliphatic rings. The Morgan fingerprint density at radius 1 is 1.43 bits per heavy atom. The van der Waals surface area contributed by atoms with Gasteiger partial charge in [0.25, 0.3) is 0 Å². The van der Waals surface area contributed by atoms with Crippen LogP contribution in [0.5, 0.6) is 5.75 Å². The van der Waals surface area contributed by atoms with E-state index >= 15 is 0 Å². The summed E-state index contributed by atoms with van der Waals surface area (Å²) in [5.41, 5.74) is 1.23. The molecule has 0 saturated carbocycles. The van der Waals surface area contributed by atoms with Crippen molar-refractivity contribution in [1.82, 2.24) is 15.3 Å². The van der Waals surface area contributed by atoms with E-state index < -0.39 is 12.0 Å². The Kier molecular flexibility index (Phi) is 4.39. The number of nitrogens with one attached hydrogen (secondary N) is 3. The van der Waals surface area contributed by atoms with Crippen molar-refractivity contribution in [2.24, 2.45) is 0 Å². The van der Waals surface area contributed by atoms with E-state index in [4.69, 9.17) is 9.84 Å². The van der Waals surface area contributed by atoms with Gasteiger partial charge >= 0.3 is 12.0 Å². The first kappa shape index (κ1) is 14.4. The Balaban J connectivity index is 1.99. The number of H-pyrrole nitrogens is 1. The number of carboxylic acid groups (broad SMARTS) is 1. The van der Waals surface area contributed by atoms with E-state index in [2.05, 4.69) is 20.6 Å². The van der Waals surface area contributed by atoms with Crippen LogP contribution >= 0.6 is 0 Å². The van der Waals surface area contributed by atoms with Gasteiger partial charge in [-0.3, -0.25) is 0 Å². The molecule has 0 unspecified atom stereocenters. The van der Waals surface area contributed by atoms with Crippen LogP contribution < -0.4 is 15.4 Å².